The molecule has 1 N–H and O–H groups in total. The summed E-state index contributed by atoms with van der Waals surface area (Å²) in [5.41, 5.74) is 0. The van der Waals surface area contributed by atoms with Gasteiger partial charge in [0.25, 0.3) is 0 Å². The third kappa shape index (κ3) is 2.46. The van der Waals surface area contributed by atoms with E-state index in [4.69, 9.17) is 14.4 Å². The molecule has 0 aliphatic carbocycles. The molecule has 1 saturated heterocycles. The molecule has 0 radical (unpaired) electrons. The number of hydrogen-bond acceptors (Lipinski definition) is 5. The minimum Gasteiger partial charge on any atom is -0.481 e. The molecular formula is C11H16N2O4. The highest BCUT2D eigenvalue weighted by molar-refractivity contribution is 5.70. The van der Waals surface area contributed by atoms with Crippen LogP contribution in [0.2, 0.25) is 0 Å². The lowest BCUT2D eigenvalue weighted by molar-refractivity contribution is -0.141. The van der Waals surface area contributed by atoms with Gasteiger partial charge < -0.3 is 14.4 Å². The van der Waals surface area contributed by atoms with Crippen molar-refractivity contribution in [3.8, 4) is 0 Å². The first-order chi connectivity index (χ1) is 8.09. The van der Waals surface area contributed by atoms with Crippen LogP contribution in [0.4, 0.5) is 0 Å². The number of hydrogen-bond donors (Lipinski definition) is 1. The van der Waals surface area contributed by atoms with Gasteiger partial charge in [-0.3, -0.25) is 4.79 Å². The fourth-order valence-corrected chi connectivity index (χ4v) is 1.76. The van der Waals surface area contributed by atoms with E-state index in [1.807, 2.05) is 0 Å². The molecule has 0 bridgehead atoms. The predicted octanol–water partition coefficient (Wildman–Crippen LogP) is 1.40. The van der Waals surface area contributed by atoms with Crippen LogP contribution in [0.3, 0.4) is 0 Å². The minimum atomic E-state index is -0.860. The zero-order chi connectivity index (χ0) is 12.4. The van der Waals surface area contributed by atoms with E-state index in [0.29, 0.717) is 18.3 Å². The highest BCUT2D eigenvalue weighted by atomic mass is 16.5. The Hall–Kier alpha value is -1.43. The van der Waals surface area contributed by atoms with Gasteiger partial charge in [0.1, 0.15) is 0 Å². The van der Waals surface area contributed by atoms with E-state index < -0.39 is 11.9 Å². The molecule has 94 valence electrons. The van der Waals surface area contributed by atoms with Crippen molar-refractivity contribution < 1.29 is 19.2 Å². The molecule has 1 aromatic heterocycles. The molecule has 1 aliphatic rings. The van der Waals surface area contributed by atoms with Gasteiger partial charge in [-0.15, -0.1) is 0 Å². The molecule has 2 rings (SSSR count). The van der Waals surface area contributed by atoms with Crippen molar-refractivity contribution in [3.63, 3.8) is 0 Å². The number of carboxylic acid groups (broad SMARTS) is 1. The first-order valence-corrected chi connectivity index (χ1v) is 5.73. The van der Waals surface area contributed by atoms with Gasteiger partial charge in [-0.1, -0.05) is 19.0 Å². The number of rotatable bonds is 4. The first-order valence-electron chi connectivity index (χ1n) is 5.73. The summed E-state index contributed by atoms with van der Waals surface area (Å²) in [6, 6.07) is 0. The van der Waals surface area contributed by atoms with Gasteiger partial charge in [0.15, 0.2) is 5.82 Å². The summed E-state index contributed by atoms with van der Waals surface area (Å²) in [5, 5.41) is 12.8. The molecule has 0 spiro atoms. The maximum absolute atomic E-state index is 10.9. The average Bonchev–Trinajstić information content (AvgIpc) is 2.96. The van der Waals surface area contributed by atoms with Crippen molar-refractivity contribution >= 4 is 5.97 Å². The van der Waals surface area contributed by atoms with Crippen LogP contribution in [-0.4, -0.2) is 34.4 Å². The average molecular weight is 240 g/mol. The molecule has 1 aliphatic heterocycles. The fourth-order valence-electron chi connectivity index (χ4n) is 1.76. The van der Waals surface area contributed by atoms with E-state index in [1.165, 1.54) is 0 Å². The van der Waals surface area contributed by atoms with Gasteiger partial charge in [0.2, 0.25) is 5.89 Å². The number of ether oxygens (including phenoxy) is 1. The molecule has 3 atom stereocenters. The van der Waals surface area contributed by atoms with Crippen molar-refractivity contribution in [2.24, 2.45) is 5.92 Å². The number of nitrogens with zero attached hydrogens (tertiary/aromatic N) is 2. The third-order valence-electron chi connectivity index (χ3n) is 3.28. The largest absolute Gasteiger partial charge is 0.481 e. The number of aromatic nitrogens is 2. The van der Waals surface area contributed by atoms with Gasteiger partial charge in [-0.2, -0.15) is 4.98 Å². The van der Waals surface area contributed by atoms with Crippen LogP contribution in [-0.2, 0) is 9.53 Å². The molecule has 6 nitrogen and oxygen atoms in total. The Labute approximate surface area is 99.0 Å². The highest BCUT2D eigenvalue weighted by Crippen LogP contribution is 2.27. The molecule has 1 aromatic rings. The monoisotopic (exact) mass is 240 g/mol. The fraction of sp³-hybridized carbons (Fsp3) is 0.727. The van der Waals surface area contributed by atoms with Crippen LogP contribution in [0.5, 0.6) is 0 Å². The van der Waals surface area contributed by atoms with Gasteiger partial charge >= 0.3 is 5.97 Å². The van der Waals surface area contributed by atoms with E-state index >= 15 is 0 Å². The van der Waals surface area contributed by atoms with E-state index in [0.717, 1.165) is 13.0 Å². The van der Waals surface area contributed by atoms with Crippen LogP contribution >= 0.6 is 0 Å². The molecule has 0 saturated carbocycles. The van der Waals surface area contributed by atoms with E-state index in [1.54, 1.807) is 13.8 Å². The summed E-state index contributed by atoms with van der Waals surface area (Å²) in [7, 11) is 0. The lowest BCUT2D eigenvalue weighted by atomic mass is 9.96. The number of aliphatic carboxylic acids is 1. The second kappa shape index (κ2) is 4.83. The predicted molar refractivity (Wildman–Crippen MR) is 57.7 cm³/mol. The Kier molecular flexibility index (Phi) is 3.42. The quantitative estimate of drug-likeness (QED) is 0.856. The van der Waals surface area contributed by atoms with Crippen molar-refractivity contribution in [1.82, 2.24) is 10.1 Å². The van der Waals surface area contributed by atoms with Crippen molar-refractivity contribution in [2.75, 3.05) is 13.2 Å². The van der Waals surface area contributed by atoms with Gasteiger partial charge in [0.05, 0.1) is 12.5 Å². The van der Waals surface area contributed by atoms with Crippen LogP contribution in [0.25, 0.3) is 0 Å². The first kappa shape index (κ1) is 12.0. The third-order valence-corrected chi connectivity index (χ3v) is 3.28. The molecule has 6 heteroatoms. The Morgan fingerprint density at radius 2 is 2.29 bits per heavy atom. The summed E-state index contributed by atoms with van der Waals surface area (Å²) in [6.07, 6.45) is 0.891. The van der Waals surface area contributed by atoms with Crippen molar-refractivity contribution in [1.29, 1.82) is 0 Å². The van der Waals surface area contributed by atoms with E-state index in [-0.39, 0.29) is 11.8 Å². The topological polar surface area (TPSA) is 85.5 Å². The summed E-state index contributed by atoms with van der Waals surface area (Å²) in [5.74, 6) is -0.482. The molecule has 1 fully saturated rings. The molecule has 0 aromatic carbocycles. The standard InChI is InChI=1S/C11H16N2O4/c1-6(7(2)11(14)15)10-12-9(13-17-10)8-3-4-16-5-8/h6-8H,3-5H2,1-2H3,(H,14,15). The van der Waals surface area contributed by atoms with Gasteiger partial charge in [0, 0.05) is 18.4 Å². The Bertz CT molecular complexity index is 398. The highest BCUT2D eigenvalue weighted by Gasteiger charge is 2.28. The summed E-state index contributed by atoms with van der Waals surface area (Å²) in [6.45, 7) is 4.74. The number of carboxylic acids is 1. The number of carbonyl (C=O) groups is 1. The molecule has 17 heavy (non-hydrogen) atoms. The zero-order valence-corrected chi connectivity index (χ0v) is 9.92. The zero-order valence-electron chi connectivity index (χ0n) is 9.92. The molecule has 3 unspecified atom stereocenters. The van der Waals surface area contributed by atoms with Crippen molar-refractivity contribution in [3.05, 3.63) is 11.7 Å². The minimum absolute atomic E-state index is 0.180. The lowest BCUT2D eigenvalue weighted by Crippen LogP contribution is -2.17. The smallest absolute Gasteiger partial charge is 0.307 e. The second-order valence-corrected chi connectivity index (χ2v) is 4.47. The van der Waals surface area contributed by atoms with Crippen molar-refractivity contribution in [2.45, 2.75) is 32.1 Å². The summed E-state index contributed by atoms with van der Waals surface area (Å²) >= 11 is 0. The Balaban J connectivity index is 2.09. The second-order valence-electron chi connectivity index (χ2n) is 4.47. The lowest BCUT2D eigenvalue weighted by Gasteiger charge is -2.10. The SMILES string of the molecule is CC(C(=O)O)C(C)c1nc(C2CCOC2)no1. The van der Waals surface area contributed by atoms with E-state index in [2.05, 4.69) is 10.1 Å². The Morgan fingerprint density at radius 1 is 1.53 bits per heavy atom. The van der Waals surface area contributed by atoms with Crippen LogP contribution in [0, 0.1) is 5.92 Å². The molecular weight excluding hydrogens is 224 g/mol. The van der Waals surface area contributed by atoms with E-state index in [9.17, 15) is 4.79 Å². The van der Waals surface area contributed by atoms with Crippen LogP contribution < -0.4 is 0 Å². The maximum Gasteiger partial charge on any atom is 0.307 e. The Morgan fingerprint density at radius 3 is 2.88 bits per heavy atom. The normalized spacial score (nSPS) is 23.5. The summed E-state index contributed by atoms with van der Waals surface area (Å²) in [4.78, 5) is 15.1. The van der Waals surface area contributed by atoms with Gasteiger partial charge in [-0.05, 0) is 6.42 Å². The summed E-state index contributed by atoms with van der Waals surface area (Å²) < 4.78 is 10.4. The maximum atomic E-state index is 10.9. The van der Waals surface area contributed by atoms with Crippen LogP contribution in [0.1, 0.15) is 43.8 Å². The molecule has 2 heterocycles. The van der Waals surface area contributed by atoms with Crippen LogP contribution in [0.15, 0.2) is 4.52 Å². The van der Waals surface area contributed by atoms with Gasteiger partial charge in [-0.25, -0.2) is 0 Å². The molecule has 0 amide bonds.